The van der Waals surface area contributed by atoms with Crippen LogP contribution in [0, 0.1) is 3.57 Å². The minimum atomic E-state index is 0.364. The van der Waals surface area contributed by atoms with Gasteiger partial charge in [0.15, 0.2) is 0 Å². The van der Waals surface area contributed by atoms with Gasteiger partial charge in [0.05, 0.1) is 6.61 Å². The zero-order chi connectivity index (χ0) is 9.68. The molecule has 2 nitrogen and oxygen atoms in total. The largest absolute Gasteiger partial charge is 0.297 e. The molecule has 0 aliphatic rings. The fraction of sp³-hybridized carbons (Fsp3) is 0.400. The monoisotopic (exact) mass is 291 g/mol. The van der Waals surface area contributed by atoms with Gasteiger partial charge in [-0.25, -0.2) is 0 Å². The van der Waals surface area contributed by atoms with Crippen LogP contribution in [-0.2, 0) is 11.4 Å². The Morgan fingerprint density at radius 3 is 2.85 bits per heavy atom. The maximum Gasteiger partial charge on any atom is 0.0933 e. The summed E-state index contributed by atoms with van der Waals surface area (Å²) in [4.78, 5) is 5.28. The van der Waals surface area contributed by atoms with E-state index in [-0.39, 0.29) is 0 Å². The molecular formula is C10H14INO. The molecule has 0 aliphatic heterocycles. The zero-order valence-corrected chi connectivity index (χ0v) is 10.0. The van der Waals surface area contributed by atoms with Crippen LogP contribution < -0.4 is 5.48 Å². The Balaban J connectivity index is 2.37. The molecule has 0 amide bonds. The number of hydrogen-bond acceptors (Lipinski definition) is 2. The van der Waals surface area contributed by atoms with Gasteiger partial charge in [0.2, 0.25) is 0 Å². The van der Waals surface area contributed by atoms with Crippen molar-refractivity contribution in [2.45, 2.75) is 26.5 Å². The van der Waals surface area contributed by atoms with E-state index in [9.17, 15) is 0 Å². The van der Waals surface area contributed by atoms with E-state index in [1.807, 2.05) is 6.07 Å². The lowest BCUT2D eigenvalue weighted by atomic mass is 10.2. The molecule has 0 bridgehead atoms. The minimum Gasteiger partial charge on any atom is -0.297 e. The lowest BCUT2D eigenvalue weighted by Gasteiger charge is -2.08. The average Bonchev–Trinajstić information content (AvgIpc) is 2.03. The van der Waals surface area contributed by atoms with Crippen molar-refractivity contribution in [1.82, 2.24) is 5.48 Å². The third-order valence-electron chi connectivity index (χ3n) is 1.45. The minimum absolute atomic E-state index is 0.364. The molecule has 0 fully saturated rings. The fourth-order valence-corrected chi connectivity index (χ4v) is 1.53. The smallest absolute Gasteiger partial charge is 0.0933 e. The van der Waals surface area contributed by atoms with Gasteiger partial charge >= 0.3 is 0 Å². The van der Waals surface area contributed by atoms with Gasteiger partial charge in [-0.2, -0.15) is 5.48 Å². The molecule has 0 atom stereocenters. The van der Waals surface area contributed by atoms with Gasteiger partial charge in [0.1, 0.15) is 0 Å². The van der Waals surface area contributed by atoms with Crippen molar-refractivity contribution >= 4 is 22.6 Å². The summed E-state index contributed by atoms with van der Waals surface area (Å²) in [5.41, 5.74) is 4.11. The number of rotatable bonds is 4. The maximum atomic E-state index is 5.28. The maximum absolute atomic E-state index is 5.28. The summed E-state index contributed by atoms with van der Waals surface area (Å²) >= 11 is 2.29. The summed E-state index contributed by atoms with van der Waals surface area (Å²) < 4.78 is 1.24. The van der Waals surface area contributed by atoms with Crippen LogP contribution in [0.5, 0.6) is 0 Å². The summed E-state index contributed by atoms with van der Waals surface area (Å²) in [6.45, 7) is 4.72. The molecule has 1 aromatic rings. The Hall–Kier alpha value is -0.130. The fourth-order valence-electron chi connectivity index (χ4n) is 0.918. The molecule has 1 aromatic carbocycles. The molecule has 0 aromatic heterocycles. The van der Waals surface area contributed by atoms with Gasteiger partial charge in [-0.05, 0) is 54.1 Å². The third kappa shape index (κ3) is 4.59. The van der Waals surface area contributed by atoms with E-state index in [2.05, 4.69) is 60.1 Å². The molecular weight excluding hydrogens is 277 g/mol. The molecule has 72 valence electrons. The Morgan fingerprint density at radius 1 is 1.46 bits per heavy atom. The molecule has 0 heterocycles. The highest BCUT2D eigenvalue weighted by Gasteiger charge is 1.95. The van der Waals surface area contributed by atoms with Crippen LogP contribution in [0.4, 0.5) is 0 Å². The first-order valence-corrected chi connectivity index (χ1v) is 5.38. The van der Waals surface area contributed by atoms with E-state index < -0.39 is 0 Å². The van der Waals surface area contributed by atoms with Gasteiger partial charge in [-0.1, -0.05) is 12.1 Å². The number of halogens is 1. The van der Waals surface area contributed by atoms with Gasteiger partial charge in [0.25, 0.3) is 0 Å². The van der Waals surface area contributed by atoms with Gasteiger partial charge in [0, 0.05) is 9.61 Å². The average molecular weight is 291 g/mol. The number of hydrogen-bond donors (Lipinski definition) is 1. The highest BCUT2D eigenvalue weighted by Crippen LogP contribution is 2.08. The molecule has 1 rings (SSSR count). The number of nitrogens with one attached hydrogen (secondary N) is 1. The second-order valence-corrected chi connectivity index (χ2v) is 4.44. The number of hydroxylamine groups is 1. The van der Waals surface area contributed by atoms with Crippen LogP contribution in [-0.4, -0.2) is 6.04 Å². The lowest BCUT2D eigenvalue weighted by molar-refractivity contribution is 0.0114. The van der Waals surface area contributed by atoms with Crippen LogP contribution >= 0.6 is 22.6 Å². The van der Waals surface area contributed by atoms with Crippen molar-refractivity contribution in [2.75, 3.05) is 0 Å². The van der Waals surface area contributed by atoms with Crippen molar-refractivity contribution in [3.8, 4) is 0 Å². The topological polar surface area (TPSA) is 21.3 Å². The van der Waals surface area contributed by atoms with E-state index in [1.54, 1.807) is 0 Å². The van der Waals surface area contributed by atoms with Crippen molar-refractivity contribution in [1.29, 1.82) is 0 Å². The predicted molar refractivity (Wildman–Crippen MR) is 62.2 cm³/mol. The predicted octanol–water partition coefficient (Wildman–Crippen LogP) is 2.72. The summed E-state index contributed by atoms with van der Waals surface area (Å²) in [7, 11) is 0. The van der Waals surface area contributed by atoms with Crippen LogP contribution in [0.1, 0.15) is 19.4 Å². The Bertz CT molecular complexity index is 263. The molecule has 0 radical (unpaired) electrons. The van der Waals surface area contributed by atoms with Gasteiger partial charge in [-0.15, -0.1) is 0 Å². The summed E-state index contributed by atoms with van der Waals surface area (Å²) in [6.07, 6.45) is 0. The van der Waals surface area contributed by atoms with Crippen molar-refractivity contribution in [2.24, 2.45) is 0 Å². The SMILES string of the molecule is CC(C)NOCc1cccc(I)c1. The summed E-state index contributed by atoms with van der Waals surface area (Å²) in [5, 5.41) is 0. The molecule has 0 aliphatic carbocycles. The van der Waals surface area contributed by atoms with E-state index in [0.29, 0.717) is 12.6 Å². The van der Waals surface area contributed by atoms with E-state index in [0.717, 1.165) is 0 Å². The van der Waals surface area contributed by atoms with Crippen molar-refractivity contribution in [3.63, 3.8) is 0 Å². The highest BCUT2D eigenvalue weighted by atomic mass is 127. The lowest BCUT2D eigenvalue weighted by Crippen LogP contribution is -2.22. The Morgan fingerprint density at radius 2 is 2.23 bits per heavy atom. The van der Waals surface area contributed by atoms with Crippen molar-refractivity contribution < 1.29 is 4.84 Å². The summed E-state index contributed by atoms with van der Waals surface area (Å²) in [6, 6.07) is 8.64. The quantitative estimate of drug-likeness (QED) is 0.680. The molecule has 0 saturated heterocycles. The van der Waals surface area contributed by atoms with Crippen LogP contribution in [0.25, 0.3) is 0 Å². The van der Waals surface area contributed by atoms with Gasteiger partial charge in [-0.3, -0.25) is 4.84 Å². The van der Waals surface area contributed by atoms with E-state index in [1.165, 1.54) is 9.13 Å². The van der Waals surface area contributed by atoms with E-state index in [4.69, 9.17) is 4.84 Å². The number of benzene rings is 1. The molecule has 0 spiro atoms. The molecule has 0 unspecified atom stereocenters. The summed E-state index contributed by atoms with van der Waals surface area (Å²) in [5.74, 6) is 0. The Labute approximate surface area is 92.8 Å². The van der Waals surface area contributed by atoms with Crippen LogP contribution in [0.15, 0.2) is 24.3 Å². The third-order valence-corrected chi connectivity index (χ3v) is 2.12. The normalized spacial score (nSPS) is 10.8. The standard InChI is InChI=1S/C10H14INO/c1-8(2)12-13-7-9-4-3-5-10(11)6-9/h3-6,8,12H,7H2,1-2H3. The molecule has 0 saturated carbocycles. The first-order chi connectivity index (χ1) is 6.18. The van der Waals surface area contributed by atoms with Crippen LogP contribution in [0.3, 0.4) is 0 Å². The highest BCUT2D eigenvalue weighted by molar-refractivity contribution is 14.1. The second-order valence-electron chi connectivity index (χ2n) is 3.19. The first kappa shape index (κ1) is 10.9. The molecule has 13 heavy (non-hydrogen) atoms. The first-order valence-electron chi connectivity index (χ1n) is 4.30. The Kier molecular flexibility index (Phi) is 4.69. The van der Waals surface area contributed by atoms with Crippen molar-refractivity contribution in [3.05, 3.63) is 33.4 Å². The van der Waals surface area contributed by atoms with E-state index >= 15 is 0 Å². The second kappa shape index (κ2) is 5.57. The van der Waals surface area contributed by atoms with Gasteiger partial charge < -0.3 is 0 Å². The van der Waals surface area contributed by atoms with Crippen LogP contribution in [0.2, 0.25) is 0 Å². The molecule has 3 heteroatoms. The molecule has 1 N–H and O–H groups in total. The zero-order valence-electron chi connectivity index (χ0n) is 7.88.